The molecule has 1 saturated heterocycles. The summed E-state index contributed by atoms with van der Waals surface area (Å²) >= 11 is 0. The first-order valence-electron chi connectivity index (χ1n) is 14.6. The van der Waals surface area contributed by atoms with Gasteiger partial charge >= 0.3 is 6.09 Å². The number of amides is 3. The summed E-state index contributed by atoms with van der Waals surface area (Å²) in [4.78, 5) is 45.9. The lowest BCUT2D eigenvalue weighted by Crippen LogP contribution is -2.58. The zero-order valence-corrected chi connectivity index (χ0v) is 23.1. The number of ether oxygens (including phenoxy) is 1. The van der Waals surface area contributed by atoms with E-state index in [1.54, 1.807) is 23.2 Å². The van der Waals surface area contributed by atoms with Crippen LogP contribution in [-0.2, 0) is 20.9 Å². The molecule has 10 heteroatoms. The van der Waals surface area contributed by atoms with Crippen LogP contribution in [0.3, 0.4) is 0 Å². The Balaban J connectivity index is 1.51. The zero-order valence-electron chi connectivity index (χ0n) is 23.1. The van der Waals surface area contributed by atoms with Gasteiger partial charge in [0.15, 0.2) is 0 Å². The lowest BCUT2D eigenvalue weighted by atomic mass is 9.66. The standard InChI is InChI=1S/C29H44N6O4/c1-39-29(38)34-25(24(20-9-4-2-5-10-20)21-11-6-3-7-12-21)28(37)35-16-8-13-23(35)27(36)33-18-19-14-15-22(26(30)31)32-17-19/h14-15,17,20-21,23-25H,2-13,16,18H2,1H3,(H3,30,31)(H,33,36)(H,34,38)/t23-,25+/m0/s1. The fraction of sp³-hybridized carbons (Fsp3) is 0.690. The number of alkyl carbamates (subject to hydrolysis) is 1. The van der Waals surface area contributed by atoms with Gasteiger partial charge in [0, 0.05) is 19.3 Å². The molecule has 2 atom stereocenters. The molecule has 5 N–H and O–H groups in total. The summed E-state index contributed by atoms with van der Waals surface area (Å²) < 4.78 is 4.98. The molecule has 2 saturated carbocycles. The van der Waals surface area contributed by atoms with Crippen LogP contribution in [0.25, 0.3) is 0 Å². The lowest BCUT2D eigenvalue weighted by Gasteiger charge is -2.43. The van der Waals surface area contributed by atoms with E-state index in [1.807, 2.05) is 0 Å². The van der Waals surface area contributed by atoms with E-state index in [0.29, 0.717) is 30.5 Å². The Morgan fingerprint density at radius 3 is 2.21 bits per heavy atom. The van der Waals surface area contributed by atoms with E-state index in [1.165, 1.54) is 20.0 Å². The van der Waals surface area contributed by atoms with Crippen molar-refractivity contribution in [2.24, 2.45) is 23.5 Å². The number of likely N-dealkylation sites (tertiary alicyclic amines) is 1. The third-order valence-corrected chi connectivity index (χ3v) is 8.90. The molecule has 214 valence electrons. The summed E-state index contributed by atoms with van der Waals surface area (Å²) in [5.74, 6) is 0.335. The van der Waals surface area contributed by atoms with E-state index in [2.05, 4.69) is 15.6 Å². The number of amidine groups is 1. The molecule has 3 aliphatic rings. The topological polar surface area (TPSA) is 150 Å². The van der Waals surface area contributed by atoms with Gasteiger partial charge in [-0.05, 0) is 42.2 Å². The predicted molar refractivity (Wildman–Crippen MR) is 148 cm³/mol. The summed E-state index contributed by atoms with van der Waals surface area (Å²) in [6, 6.07) is 2.15. The molecule has 1 aromatic heterocycles. The molecule has 2 heterocycles. The van der Waals surface area contributed by atoms with Gasteiger partial charge in [0.1, 0.15) is 23.6 Å². The highest BCUT2D eigenvalue weighted by molar-refractivity contribution is 5.93. The maximum absolute atomic E-state index is 14.2. The summed E-state index contributed by atoms with van der Waals surface area (Å²) in [5.41, 5.74) is 6.63. The van der Waals surface area contributed by atoms with Gasteiger partial charge in [0.25, 0.3) is 0 Å². The minimum absolute atomic E-state index is 0.0485. The van der Waals surface area contributed by atoms with Crippen LogP contribution in [0.4, 0.5) is 4.79 Å². The van der Waals surface area contributed by atoms with E-state index in [0.717, 1.165) is 63.4 Å². The monoisotopic (exact) mass is 540 g/mol. The van der Waals surface area contributed by atoms with Gasteiger partial charge in [-0.3, -0.25) is 20.0 Å². The molecule has 4 rings (SSSR count). The average Bonchev–Trinajstić information content (AvgIpc) is 3.47. The second-order valence-electron chi connectivity index (χ2n) is 11.4. The molecule has 2 aliphatic carbocycles. The Labute approximate surface area is 231 Å². The number of aromatic nitrogens is 1. The van der Waals surface area contributed by atoms with E-state index < -0.39 is 18.2 Å². The quantitative estimate of drug-likeness (QED) is 0.278. The second kappa shape index (κ2) is 13.8. The number of nitrogens with one attached hydrogen (secondary N) is 3. The van der Waals surface area contributed by atoms with Gasteiger partial charge in [-0.15, -0.1) is 0 Å². The van der Waals surface area contributed by atoms with Gasteiger partial charge in [0.05, 0.1) is 7.11 Å². The van der Waals surface area contributed by atoms with Crippen molar-refractivity contribution in [3.8, 4) is 0 Å². The first-order chi connectivity index (χ1) is 18.9. The normalized spacial score (nSPS) is 21.4. The SMILES string of the molecule is COC(=O)N[C@@H](C(=O)N1CCC[C@H]1C(=O)NCc1ccc(C(=N)N)nc1)C(C1CCCCC1)C1CCCCC1. The molecule has 0 unspecified atom stereocenters. The maximum Gasteiger partial charge on any atom is 0.407 e. The number of nitrogen functional groups attached to an aromatic ring is 1. The number of nitrogens with two attached hydrogens (primary N) is 1. The Morgan fingerprint density at radius 1 is 1.03 bits per heavy atom. The molecular weight excluding hydrogens is 496 g/mol. The molecule has 0 bridgehead atoms. The number of nitrogens with zero attached hydrogens (tertiary/aromatic N) is 2. The summed E-state index contributed by atoms with van der Waals surface area (Å²) in [7, 11) is 1.33. The van der Waals surface area contributed by atoms with Gasteiger partial charge in [-0.2, -0.15) is 0 Å². The number of hydrogen-bond acceptors (Lipinski definition) is 6. The van der Waals surface area contributed by atoms with Gasteiger partial charge in [-0.1, -0.05) is 70.3 Å². The second-order valence-corrected chi connectivity index (χ2v) is 11.4. The van der Waals surface area contributed by atoms with Crippen molar-refractivity contribution in [2.45, 2.75) is 95.7 Å². The minimum Gasteiger partial charge on any atom is -0.453 e. The van der Waals surface area contributed by atoms with E-state index in [4.69, 9.17) is 15.9 Å². The Morgan fingerprint density at radius 2 is 1.67 bits per heavy atom. The summed E-state index contributed by atoms with van der Waals surface area (Å²) in [6.45, 7) is 0.756. The van der Waals surface area contributed by atoms with Crippen molar-refractivity contribution in [3.63, 3.8) is 0 Å². The Kier molecular flexibility index (Phi) is 10.2. The highest BCUT2D eigenvalue weighted by Crippen LogP contribution is 2.42. The number of methoxy groups -OCH3 is 1. The molecular formula is C29H44N6O4. The van der Waals surface area contributed by atoms with Crippen LogP contribution in [-0.4, -0.2) is 59.4 Å². The molecule has 1 aliphatic heterocycles. The van der Waals surface area contributed by atoms with Crippen molar-refractivity contribution < 1.29 is 19.1 Å². The van der Waals surface area contributed by atoms with Crippen molar-refractivity contribution in [1.29, 1.82) is 5.41 Å². The maximum atomic E-state index is 14.2. The highest BCUT2D eigenvalue weighted by Gasteiger charge is 2.45. The molecule has 39 heavy (non-hydrogen) atoms. The fourth-order valence-corrected chi connectivity index (χ4v) is 6.95. The zero-order chi connectivity index (χ0) is 27.8. The van der Waals surface area contributed by atoms with Gasteiger partial charge < -0.3 is 26.0 Å². The lowest BCUT2D eigenvalue weighted by molar-refractivity contribution is -0.142. The van der Waals surface area contributed by atoms with Crippen LogP contribution in [0.15, 0.2) is 18.3 Å². The molecule has 10 nitrogen and oxygen atoms in total. The van der Waals surface area contributed by atoms with Gasteiger partial charge in [0.2, 0.25) is 11.8 Å². The van der Waals surface area contributed by atoms with Crippen LogP contribution in [0.5, 0.6) is 0 Å². The summed E-state index contributed by atoms with van der Waals surface area (Å²) in [6.07, 6.45) is 13.7. The number of pyridine rings is 1. The van der Waals surface area contributed by atoms with E-state index >= 15 is 0 Å². The molecule has 0 spiro atoms. The molecule has 0 radical (unpaired) electrons. The number of carbonyl (C=O) groups is 3. The van der Waals surface area contributed by atoms with Crippen molar-refractivity contribution in [2.75, 3.05) is 13.7 Å². The average molecular weight is 541 g/mol. The molecule has 3 fully saturated rings. The van der Waals surface area contributed by atoms with Crippen molar-refractivity contribution in [1.82, 2.24) is 20.5 Å². The first-order valence-corrected chi connectivity index (χ1v) is 14.6. The largest absolute Gasteiger partial charge is 0.453 e. The minimum atomic E-state index is -0.694. The van der Waals surface area contributed by atoms with Crippen molar-refractivity contribution >= 4 is 23.7 Å². The molecule has 0 aromatic carbocycles. The Bertz CT molecular complexity index is 986. The fourth-order valence-electron chi connectivity index (χ4n) is 6.95. The smallest absolute Gasteiger partial charge is 0.407 e. The third kappa shape index (κ3) is 7.28. The Hall–Kier alpha value is -3.17. The number of carbonyl (C=O) groups excluding carboxylic acids is 3. The van der Waals surface area contributed by atoms with E-state index in [-0.39, 0.29) is 30.1 Å². The predicted octanol–water partition coefficient (Wildman–Crippen LogP) is 3.47. The molecule has 1 aromatic rings. The van der Waals surface area contributed by atoms with Gasteiger partial charge in [-0.25, -0.2) is 4.79 Å². The van der Waals surface area contributed by atoms with E-state index in [9.17, 15) is 14.4 Å². The summed E-state index contributed by atoms with van der Waals surface area (Å²) in [5, 5.41) is 13.4. The first kappa shape index (κ1) is 28.8. The molecule has 3 amide bonds. The van der Waals surface area contributed by atoms with Crippen LogP contribution in [0, 0.1) is 23.2 Å². The van der Waals surface area contributed by atoms with Crippen LogP contribution in [0.1, 0.15) is 88.3 Å². The highest BCUT2D eigenvalue weighted by atomic mass is 16.5. The van der Waals surface area contributed by atoms with Crippen molar-refractivity contribution in [3.05, 3.63) is 29.6 Å². The third-order valence-electron chi connectivity index (χ3n) is 8.90. The van der Waals surface area contributed by atoms with Crippen LogP contribution >= 0.6 is 0 Å². The van der Waals surface area contributed by atoms with Crippen LogP contribution in [0.2, 0.25) is 0 Å². The number of hydrogen-bond donors (Lipinski definition) is 4. The number of rotatable bonds is 9. The van der Waals surface area contributed by atoms with Crippen LogP contribution < -0.4 is 16.4 Å².